The summed E-state index contributed by atoms with van der Waals surface area (Å²) in [6, 6.07) is 4.03. The second-order valence-corrected chi connectivity index (χ2v) is 8.39. The fraction of sp³-hybridized carbons (Fsp3) is 0.571. The molecule has 0 spiro atoms. The molecule has 1 atom stereocenters. The second-order valence-electron chi connectivity index (χ2n) is 8.39. The molecule has 0 saturated heterocycles. The Morgan fingerprint density at radius 3 is 2.55 bits per heavy atom. The van der Waals surface area contributed by atoms with Gasteiger partial charge < -0.3 is 14.2 Å². The van der Waals surface area contributed by atoms with E-state index < -0.39 is 23.7 Å². The van der Waals surface area contributed by atoms with Crippen molar-refractivity contribution in [2.75, 3.05) is 23.4 Å². The normalized spacial score (nSPS) is 14.7. The number of anilines is 2. The van der Waals surface area contributed by atoms with E-state index in [9.17, 15) is 14.4 Å². The molecule has 1 aliphatic rings. The number of nitrogens with zero attached hydrogens (tertiary/aromatic N) is 1. The van der Waals surface area contributed by atoms with Gasteiger partial charge in [-0.1, -0.05) is 13.8 Å². The lowest BCUT2D eigenvalue weighted by molar-refractivity contribution is -0.146. The standard InChI is InChI=1S/C21H30N2O6/c1-13(2)9-10-27-19(25)14(3)23-16-11-15(22-20(26)29-21(4,5)6)7-8-17(16)28-12-18(23)24/h7-8,11,13-14H,9-10,12H2,1-6H3,(H,22,26). The Kier molecular flexibility index (Phi) is 7.11. The predicted molar refractivity (Wildman–Crippen MR) is 109 cm³/mol. The van der Waals surface area contributed by atoms with Gasteiger partial charge >= 0.3 is 12.1 Å². The zero-order valence-corrected chi connectivity index (χ0v) is 17.9. The van der Waals surface area contributed by atoms with Crippen molar-refractivity contribution in [2.45, 2.75) is 59.6 Å². The van der Waals surface area contributed by atoms with Gasteiger partial charge in [0.15, 0.2) is 6.61 Å². The highest BCUT2D eigenvalue weighted by Gasteiger charge is 2.34. The monoisotopic (exact) mass is 406 g/mol. The molecule has 1 aromatic carbocycles. The number of benzene rings is 1. The van der Waals surface area contributed by atoms with Crippen LogP contribution in [0.15, 0.2) is 18.2 Å². The summed E-state index contributed by atoms with van der Waals surface area (Å²) in [5.74, 6) is 0.00379. The third-order valence-electron chi connectivity index (χ3n) is 4.15. The minimum absolute atomic E-state index is 0.171. The maximum Gasteiger partial charge on any atom is 0.412 e. The zero-order valence-electron chi connectivity index (χ0n) is 17.9. The molecule has 2 rings (SSSR count). The molecule has 160 valence electrons. The number of nitrogens with one attached hydrogen (secondary N) is 1. The first kappa shape index (κ1) is 22.5. The summed E-state index contributed by atoms with van der Waals surface area (Å²) < 4.78 is 16.0. The second kappa shape index (κ2) is 9.15. The van der Waals surface area contributed by atoms with Crippen molar-refractivity contribution in [2.24, 2.45) is 5.92 Å². The molecule has 1 aromatic rings. The third kappa shape index (κ3) is 6.37. The summed E-state index contributed by atoms with van der Waals surface area (Å²) in [5, 5.41) is 2.63. The van der Waals surface area contributed by atoms with Crippen LogP contribution in [0.2, 0.25) is 0 Å². The lowest BCUT2D eigenvalue weighted by atomic mass is 10.1. The van der Waals surface area contributed by atoms with E-state index in [0.717, 1.165) is 6.42 Å². The number of ether oxygens (including phenoxy) is 3. The Hall–Kier alpha value is -2.77. The molecule has 1 N–H and O–H groups in total. The van der Waals surface area contributed by atoms with E-state index in [-0.39, 0.29) is 12.5 Å². The first-order valence-corrected chi connectivity index (χ1v) is 9.73. The van der Waals surface area contributed by atoms with E-state index in [0.29, 0.717) is 29.6 Å². The van der Waals surface area contributed by atoms with Crippen LogP contribution in [0.5, 0.6) is 5.75 Å². The summed E-state index contributed by atoms with van der Waals surface area (Å²) in [6.07, 6.45) is 0.129. The van der Waals surface area contributed by atoms with Gasteiger partial charge in [0.05, 0.1) is 12.3 Å². The summed E-state index contributed by atoms with van der Waals surface area (Å²) in [5.41, 5.74) is 0.169. The lowest BCUT2D eigenvalue weighted by Gasteiger charge is -2.33. The van der Waals surface area contributed by atoms with Gasteiger partial charge in [0.25, 0.3) is 5.91 Å². The quantitative estimate of drug-likeness (QED) is 0.724. The number of carbonyl (C=O) groups excluding carboxylic acids is 3. The van der Waals surface area contributed by atoms with Crippen molar-refractivity contribution in [1.82, 2.24) is 0 Å². The summed E-state index contributed by atoms with van der Waals surface area (Å²) in [7, 11) is 0. The van der Waals surface area contributed by atoms with Gasteiger partial charge in [-0.3, -0.25) is 15.0 Å². The fourth-order valence-electron chi connectivity index (χ4n) is 2.72. The number of hydrogen-bond acceptors (Lipinski definition) is 6. The van der Waals surface area contributed by atoms with Crippen LogP contribution in [0.25, 0.3) is 0 Å². The maximum absolute atomic E-state index is 12.5. The Balaban J connectivity index is 2.18. The number of rotatable bonds is 6. The van der Waals surface area contributed by atoms with E-state index in [1.54, 1.807) is 45.9 Å². The van der Waals surface area contributed by atoms with Gasteiger partial charge in [0.1, 0.15) is 17.4 Å². The van der Waals surface area contributed by atoms with Crippen LogP contribution in [-0.4, -0.2) is 42.8 Å². The molecular weight excluding hydrogens is 376 g/mol. The van der Waals surface area contributed by atoms with Gasteiger partial charge in [-0.2, -0.15) is 0 Å². The number of esters is 1. The molecule has 0 fully saturated rings. The molecule has 8 heteroatoms. The Labute approximate surface area is 171 Å². The SMILES string of the molecule is CC(C)CCOC(=O)C(C)N1C(=O)COc2ccc(NC(=O)OC(C)(C)C)cc21. The molecule has 0 radical (unpaired) electrons. The van der Waals surface area contributed by atoms with Crippen molar-refractivity contribution >= 4 is 29.3 Å². The minimum Gasteiger partial charge on any atom is -0.482 e. The summed E-state index contributed by atoms with van der Waals surface area (Å²) >= 11 is 0. The predicted octanol–water partition coefficient (Wildman–Crippen LogP) is 3.74. The van der Waals surface area contributed by atoms with Crippen LogP contribution in [-0.2, 0) is 19.1 Å². The highest BCUT2D eigenvalue weighted by molar-refractivity contribution is 6.03. The van der Waals surface area contributed by atoms with Crippen LogP contribution in [0, 0.1) is 5.92 Å². The van der Waals surface area contributed by atoms with Crippen molar-refractivity contribution < 1.29 is 28.6 Å². The first-order valence-electron chi connectivity index (χ1n) is 9.73. The van der Waals surface area contributed by atoms with Gasteiger partial charge in [0, 0.05) is 5.69 Å². The van der Waals surface area contributed by atoms with E-state index in [1.165, 1.54) is 4.90 Å². The van der Waals surface area contributed by atoms with Crippen LogP contribution in [0.4, 0.5) is 16.2 Å². The highest BCUT2D eigenvalue weighted by Crippen LogP contribution is 2.36. The molecule has 29 heavy (non-hydrogen) atoms. The van der Waals surface area contributed by atoms with Gasteiger partial charge in [-0.15, -0.1) is 0 Å². The zero-order chi connectivity index (χ0) is 21.8. The van der Waals surface area contributed by atoms with Crippen LogP contribution in [0.3, 0.4) is 0 Å². The van der Waals surface area contributed by atoms with Crippen LogP contribution < -0.4 is 15.0 Å². The number of amides is 2. The molecule has 1 heterocycles. The molecule has 0 aliphatic carbocycles. The summed E-state index contributed by atoms with van der Waals surface area (Å²) in [6.45, 7) is 11.1. The van der Waals surface area contributed by atoms with Crippen molar-refractivity contribution in [3.05, 3.63) is 18.2 Å². The third-order valence-corrected chi connectivity index (χ3v) is 4.15. The van der Waals surface area contributed by atoms with E-state index in [1.807, 2.05) is 13.8 Å². The van der Waals surface area contributed by atoms with Gasteiger partial charge in [-0.05, 0) is 58.2 Å². The topological polar surface area (TPSA) is 94.2 Å². The highest BCUT2D eigenvalue weighted by atomic mass is 16.6. The van der Waals surface area contributed by atoms with Gasteiger partial charge in [-0.25, -0.2) is 9.59 Å². The van der Waals surface area contributed by atoms with Gasteiger partial charge in [0.2, 0.25) is 0 Å². The first-order chi connectivity index (χ1) is 13.5. The Morgan fingerprint density at radius 2 is 1.93 bits per heavy atom. The number of fused-ring (bicyclic) bond motifs is 1. The molecule has 1 aliphatic heterocycles. The molecule has 8 nitrogen and oxygen atoms in total. The molecule has 1 unspecified atom stereocenters. The number of hydrogen-bond donors (Lipinski definition) is 1. The minimum atomic E-state index is -0.825. The largest absolute Gasteiger partial charge is 0.482 e. The summed E-state index contributed by atoms with van der Waals surface area (Å²) in [4.78, 5) is 38.3. The Bertz CT molecular complexity index is 769. The lowest BCUT2D eigenvalue weighted by Crippen LogP contribution is -2.48. The van der Waals surface area contributed by atoms with Crippen molar-refractivity contribution in [1.29, 1.82) is 0 Å². The van der Waals surface area contributed by atoms with Crippen LogP contribution in [0.1, 0.15) is 48.0 Å². The Morgan fingerprint density at radius 1 is 1.24 bits per heavy atom. The average molecular weight is 406 g/mol. The van der Waals surface area contributed by atoms with E-state index >= 15 is 0 Å². The molecule has 0 saturated carbocycles. The molecule has 2 amide bonds. The average Bonchev–Trinajstić information content (AvgIpc) is 2.58. The smallest absolute Gasteiger partial charge is 0.412 e. The fourth-order valence-corrected chi connectivity index (χ4v) is 2.72. The van der Waals surface area contributed by atoms with E-state index in [4.69, 9.17) is 14.2 Å². The van der Waals surface area contributed by atoms with Crippen molar-refractivity contribution in [3.63, 3.8) is 0 Å². The number of carbonyl (C=O) groups is 3. The van der Waals surface area contributed by atoms with E-state index in [2.05, 4.69) is 5.32 Å². The molecular formula is C21H30N2O6. The molecule has 0 aromatic heterocycles. The maximum atomic E-state index is 12.5. The van der Waals surface area contributed by atoms with Crippen molar-refractivity contribution in [3.8, 4) is 5.75 Å². The van der Waals surface area contributed by atoms with Crippen LogP contribution >= 0.6 is 0 Å². The molecule has 0 bridgehead atoms.